The zero-order valence-corrected chi connectivity index (χ0v) is 35.9. The van der Waals surface area contributed by atoms with E-state index in [0.717, 1.165) is 13.0 Å². The van der Waals surface area contributed by atoms with E-state index >= 15 is 0 Å². The number of hydrogen-bond acceptors (Lipinski definition) is 5. The first-order valence-corrected chi connectivity index (χ1v) is 23.9. The number of aliphatic carboxylic acids is 1. The molecular weight excluding hydrogens is 698 g/mol. The number of sulfone groups is 1. The first-order valence-electron chi connectivity index (χ1n) is 22.0. The highest BCUT2D eigenvalue weighted by molar-refractivity contribution is 7.91. The van der Waals surface area contributed by atoms with E-state index in [0.29, 0.717) is 80.5 Å². The molecule has 0 radical (unpaired) electrons. The van der Waals surface area contributed by atoms with Gasteiger partial charge in [0.25, 0.3) is 0 Å². The van der Waals surface area contributed by atoms with Gasteiger partial charge in [-0.05, 0) is 184 Å². The van der Waals surface area contributed by atoms with E-state index in [1.165, 1.54) is 68.8 Å². The summed E-state index contributed by atoms with van der Waals surface area (Å²) in [7, 11) is -3.06. The predicted molar refractivity (Wildman–Crippen MR) is 215 cm³/mol. The molecule has 0 saturated heterocycles. The molecule has 0 aromatic heterocycles. The monoisotopic (exact) mass is 772 g/mol. The summed E-state index contributed by atoms with van der Waals surface area (Å²) in [5.74, 6) is 2.82. The summed E-state index contributed by atoms with van der Waals surface area (Å²) in [6, 6.07) is 0. The maximum atomic E-state index is 14.0. The minimum atomic E-state index is -3.06. The van der Waals surface area contributed by atoms with Crippen LogP contribution >= 0.6 is 0 Å². The lowest BCUT2D eigenvalue weighted by Gasteiger charge is -2.72. The van der Waals surface area contributed by atoms with Crippen LogP contribution in [-0.4, -0.2) is 60.5 Å². The van der Waals surface area contributed by atoms with E-state index in [1.807, 2.05) is 0 Å². The average Bonchev–Trinajstić information content (AvgIpc) is 3.48. The Morgan fingerprint density at radius 1 is 0.870 bits per heavy atom. The van der Waals surface area contributed by atoms with Crippen molar-refractivity contribution >= 4 is 15.8 Å². The molecule has 8 heteroatoms. The molecule has 306 valence electrons. The highest BCUT2D eigenvalue weighted by atomic mass is 32.2. The van der Waals surface area contributed by atoms with Gasteiger partial charge in [-0.1, -0.05) is 60.6 Å². The summed E-state index contributed by atoms with van der Waals surface area (Å²) in [6.07, 6.45) is 21.3. The lowest BCUT2D eigenvalue weighted by molar-refractivity contribution is -0.223. The van der Waals surface area contributed by atoms with E-state index in [9.17, 15) is 27.8 Å². The molecule has 0 amide bonds. The van der Waals surface area contributed by atoms with E-state index < -0.39 is 33.5 Å². The van der Waals surface area contributed by atoms with Crippen LogP contribution in [0.1, 0.15) is 158 Å². The number of fused-ring (bicyclic) bond motifs is 7. The van der Waals surface area contributed by atoms with Gasteiger partial charge in [-0.2, -0.15) is 0 Å². The Bertz CT molecular complexity index is 1640. The Morgan fingerprint density at radius 3 is 2.17 bits per heavy atom. The summed E-state index contributed by atoms with van der Waals surface area (Å²) in [4.78, 5) is 12.0. The second-order valence-electron chi connectivity index (χ2n) is 21.9. The SMILES string of the molecule is CC(C)[C@@H]1CC[C@]2(NCC[C@]3(O)CC[C@@H](S(C)(=O)=O)CC3)CC[C@]3(C)[C@H](CC[C@@H]4[C@@]5(C)CC=C(C6=CC[C@@](CF)(C(=O)O)CC6)C(C)(C)[C@@H]5CC[C@]43C)[C@@H]12. The van der Waals surface area contributed by atoms with Gasteiger partial charge < -0.3 is 15.5 Å². The normalized spacial score (nSPS) is 47.5. The lowest BCUT2D eigenvalue weighted by Crippen LogP contribution is -2.68. The summed E-state index contributed by atoms with van der Waals surface area (Å²) < 4.78 is 38.4. The Kier molecular flexibility index (Phi) is 10.4. The molecule has 0 aliphatic heterocycles. The molecule has 0 aromatic rings. The van der Waals surface area contributed by atoms with Crippen LogP contribution in [0.15, 0.2) is 23.3 Å². The van der Waals surface area contributed by atoms with E-state index in [2.05, 4.69) is 65.9 Å². The quantitative estimate of drug-likeness (QED) is 0.216. The second kappa shape index (κ2) is 13.7. The van der Waals surface area contributed by atoms with Crippen LogP contribution in [0.25, 0.3) is 0 Å². The van der Waals surface area contributed by atoms with Crippen molar-refractivity contribution in [1.29, 1.82) is 0 Å². The molecule has 6 nitrogen and oxygen atoms in total. The molecule has 7 aliphatic rings. The van der Waals surface area contributed by atoms with Crippen LogP contribution in [0, 0.1) is 62.6 Å². The minimum absolute atomic E-state index is 0.0230. The van der Waals surface area contributed by atoms with Gasteiger partial charge in [0.1, 0.15) is 16.5 Å². The number of carbonyl (C=O) groups is 1. The molecule has 5 fully saturated rings. The van der Waals surface area contributed by atoms with Crippen molar-refractivity contribution in [3.63, 3.8) is 0 Å². The number of carboxylic acid groups (broad SMARTS) is 1. The fourth-order valence-corrected chi connectivity index (χ4v) is 16.8. The molecule has 5 saturated carbocycles. The van der Waals surface area contributed by atoms with Crippen molar-refractivity contribution in [2.24, 2.45) is 62.6 Å². The number of aliphatic hydroxyl groups is 1. The second-order valence-corrected chi connectivity index (χ2v) is 24.2. The zero-order chi connectivity index (χ0) is 39.3. The molecule has 7 aliphatic carbocycles. The number of rotatable bonds is 9. The molecule has 10 atom stereocenters. The maximum Gasteiger partial charge on any atom is 0.312 e. The van der Waals surface area contributed by atoms with Crippen molar-refractivity contribution in [3.8, 4) is 0 Å². The number of alkyl halides is 1. The first-order chi connectivity index (χ1) is 25.1. The molecule has 3 N–H and O–H groups in total. The minimum Gasteiger partial charge on any atom is -0.481 e. The van der Waals surface area contributed by atoms with Gasteiger partial charge in [-0.15, -0.1) is 0 Å². The van der Waals surface area contributed by atoms with E-state index in [-0.39, 0.29) is 38.9 Å². The molecule has 0 spiro atoms. The molecule has 7 rings (SSSR count). The predicted octanol–water partition coefficient (Wildman–Crippen LogP) is 9.86. The van der Waals surface area contributed by atoms with E-state index in [4.69, 9.17) is 0 Å². The number of carboxylic acids is 1. The van der Waals surface area contributed by atoms with Gasteiger partial charge in [0, 0.05) is 11.8 Å². The van der Waals surface area contributed by atoms with Gasteiger partial charge in [0.15, 0.2) is 0 Å². The maximum absolute atomic E-state index is 14.0. The molecule has 0 heterocycles. The first kappa shape index (κ1) is 40.9. The molecule has 54 heavy (non-hydrogen) atoms. The van der Waals surface area contributed by atoms with Crippen molar-refractivity contribution < 1.29 is 27.8 Å². The van der Waals surface area contributed by atoms with Crippen LogP contribution in [0.2, 0.25) is 0 Å². The Balaban J connectivity index is 1.11. The smallest absolute Gasteiger partial charge is 0.312 e. The Labute approximate surface area is 327 Å². The number of hydrogen-bond donors (Lipinski definition) is 3. The third kappa shape index (κ3) is 6.16. The molecular formula is C46H74FNO5S. The summed E-state index contributed by atoms with van der Waals surface area (Å²) >= 11 is 0. The third-order valence-electron chi connectivity index (χ3n) is 19.1. The standard InChI is InChI=1S/C46H74FNO5S/c1-30(2)33-15-24-46(48-28-27-45(51)22-13-32(14-23-45)54(8,52)53)26-25-42(6)35(38(33)46)9-10-37-41(5)18-16-34(40(3,4)36(41)17-19-43(37,42)7)31-11-20-44(29-47,21-12-31)39(49)50/h11,16,30,32-33,35-38,48,51H,9-10,12-15,17-29H2,1-8H3,(H,49,50)/t32-,33-,35+,36-,37+,38+,41-,42+,43+,44+,45+,46-/m0/s1. The van der Waals surface area contributed by atoms with Crippen molar-refractivity contribution in [3.05, 3.63) is 23.3 Å². The molecule has 0 unspecified atom stereocenters. The van der Waals surface area contributed by atoms with Crippen LogP contribution in [-0.2, 0) is 14.6 Å². The number of halogens is 1. The highest BCUT2D eigenvalue weighted by Crippen LogP contribution is 2.76. The van der Waals surface area contributed by atoms with Gasteiger partial charge in [-0.3, -0.25) is 4.79 Å². The van der Waals surface area contributed by atoms with E-state index in [1.54, 1.807) is 0 Å². The topological polar surface area (TPSA) is 104 Å². The molecule has 0 bridgehead atoms. The van der Waals surface area contributed by atoms with Gasteiger partial charge >= 0.3 is 5.97 Å². The largest absolute Gasteiger partial charge is 0.481 e. The Hall–Kier alpha value is -1.25. The highest BCUT2D eigenvalue weighted by Gasteiger charge is 2.70. The molecule has 0 aromatic carbocycles. The number of allylic oxidation sites excluding steroid dienone is 4. The van der Waals surface area contributed by atoms with Crippen LogP contribution < -0.4 is 5.32 Å². The zero-order valence-electron chi connectivity index (χ0n) is 35.0. The summed E-state index contributed by atoms with van der Waals surface area (Å²) in [6.45, 7) is 17.8. The van der Waals surface area contributed by atoms with Crippen molar-refractivity contribution in [2.75, 3.05) is 19.5 Å². The average molecular weight is 772 g/mol. The summed E-state index contributed by atoms with van der Waals surface area (Å²) in [5, 5.41) is 25.3. The van der Waals surface area contributed by atoms with Crippen molar-refractivity contribution in [1.82, 2.24) is 5.32 Å². The van der Waals surface area contributed by atoms with Crippen LogP contribution in [0.3, 0.4) is 0 Å². The van der Waals surface area contributed by atoms with Crippen molar-refractivity contribution in [2.45, 2.75) is 174 Å². The van der Waals surface area contributed by atoms with Crippen LogP contribution in [0.4, 0.5) is 4.39 Å². The lowest BCUT2D eigenvalue weighted by atomic mass is 9.32. The fraction of sp³-hybridized carbons (Fsp3) is 0.891. The van der Waals surface area contributed by atoms with Gasteiger partial charge in [-0.25, -0.2) is 12.8 Å². The number of nitrogens with one attached hydrogen (secondary N) is 1. The summed E-state index contributed by atoms with van der Waals surface area (Å²) in [5.41, 5.74) is 1.42. The van der Waals surface area contributed by atoms with Crippen LogP contribution in [0.5, 0.6) is 0 Å². The Morgan fingerprint density at radius 2 is 1.57 bits per heavy atom. The van der Waals surface area contributed by atoms with Gasteiger partial charge in [0.2, 0.25) is 0 Å². The third-order valence-corrected chi connectivity index (χ3v) is 20.8. The van der Waals surface area contributed by atoms with Gasteiger partial charge in [0.05, 0.1) is 16.3 Å². The fourth-order valence-electron chi connectivity index (χ4n) is 15.7.